The molecule has 1 saturated heterocycles. The molecule has 0 N–H and O–H groups in total. The topological polar surface area (TPSA) is 66.2 Å². The zero-order valence-corrected chi connectivity index (χ0v) is 18.4. The number of fused-ring (bicyclic) bond motifs is 2. The highest BCUT2D eigenvalue weighted by molar-refractivity contribution is 5.96. The Hall–Kier alpha value is -3.49. The quantitative estimate of drug-likeness (QED) is 0.588. The first kappa shape index (κ1) is 20.4. The summed E-state index contributed by atoms with van der Waals surface area (Å²) in [4.78, 5) is 19.6. The third-order valence-corrected chi connectivity index (χ3v) is 6.79. The standard InChI is InChI=1S/C27H25N3O2/c1-18-3-6-21(14-24(18)22-7-4-19(2)29-16-22)26(31)30-11-9-27(10-12-30)25-8-5-20(15-28)13-23(25)17-32-27/h3-8,13-14,16H,9-12,17H2,1-2H3. The molecule has 0 radical (unpaired) electrons. The van der Waals surface area contributed by atoms with E-state index in [1.165, 1.54) is 5.56 Å². The Balaban J connectivity index is 1.34. The van der Waals surface area contributed by atoms with Crippen LogP contribution in [0, 0.1) is 25.2 Å². The lowest BCUT2D eigenvalue weighted by Crippen LogP contribution is -2.45. The Morgan fingerprint density at radius 2 is 1.91 bits per heavy atom. The highest BCUT2D eigenvalue weighted by Crippen LogP contribution is 2.44. The molecule has 0 bridgehead atoms. The van der Waals surface area contributed by atoms with Crippen molar-refractivity contribution < 1.29 is 9.53 Å². The number of rotatable bonds is 2. The van der Waals surface area contributed by atoms with Gasteiger partial charge in [0.2, 0.25) is 0 Å². The third-order valence-electron chi connectivity index (χ3n) is 6.79. The number of ether oxygens (including phenoxy) is 1. The van der Waals surface area contributed by atoms with Crippen molar-refractivity contribution in [3.63, 3.8) is 0 Å². The van der Waals surface area contributed by atoms with Gasteiger partial charge >= 0.3 is 0 Å². The van der Waals surface area contributed by atoms with Crippen molar-refractivity contribution in [2.24, 2.45) is 0 Å². The van der Waals surface area contributed by atoms with Crippen LogP contribution in [-0.4, -0.2) is 28.9 Å². The molecule has 5 heteroatoms. The van der Waals surface area contributed by atoms with Gasteiger partial charge in [0.15, 0.2) is 0 Å². The third kappa shape index (κ3) is 3.47. The molecule has 0 unspecified atom stereocenters. The van der Waals surface area contributed by atoms with E-state index < -0.39 is 0 Å². The summed E-state index contributed by atoms with van der Waals surface area (Å²) >= 11 is 0. The van der Waals surface area contributed by atoms with Crippen LogP contribution in [-0.2, 0) is 16.9 Å². The maximum Gasteiger partial charge on any atom is 0.253 e. The van der Waals surface area contributed by atoms with E-state index in [2.05, 4.69) is 24.0 Å². The second-order valence-corrected chi connectivity index (χ2v) is 8.78. The Bertz CT molecular complexity index is 1230. The van der Waals surface area contributed by atoms with Crippen molar-refractivity contribution in [2.45, 2.75) is 38.9 Å². The van der Waals surface area contributed by atoms with Crippen LogP contribution < -0.4 is 0 Å². The van der Waals surface area contributed by atoms with Gasteiger partial charge in [-0.2, -0.15) is 5.26 Å². The Labute approximate surface area is 188 Å². The number of carbonyl (C=O) groups excluding carboxylic acids is 1. The van der Waals surface area contributed by atoms with E-state index in [9.17, 15) is 4.79 Å². The summed E-state index contributed by atoms with van der Waals surface area (Å²) in [5.41, 5.74) is 7.45. The highest BCUT2D eigenvalue weighted by Gasteiger charge is 2.43. The van der Waals surface area contributed by atoms with E-state index in [0.29, 0.717) is 30.8 Å². The maximum atomic E-state index is 13.3. The normalized spacial score (nSPS) is 16.6. The van der Waals surface area contributed by atoms with Gasteiger partial charge in [-0.1, -0.05) is 18.2 Å². The Kier molecular flexibility index (Phi) is 5.03. The first-order valence-corrected chi connectivity index (χ1v) is 11.0. The van der Waals surface area contributed by atoms with Crippen LogP contribution in [0.25, 0.3) is 11.1 Å². The SMILES string of the molecule is Cc1ccc(-c2cc(C(=O)N3CCC4(CC3)OCc3cc(C#N)ccc34)ccc2C)cn1. The monoisotopic (exact) mass is 423 g/mol. The highest BCUT2D eigenvalue weighted by atomic mass is 16.5. The number of amides is 1. The first-order valence-electron chi connectivity index (χ1n) is 11.0. The van der Waals surface area contributed by atoms with Crippen molar-refractivity contribution in [3.05, 3.63) is 88.2 Å². The molecule has 1 spiro atoms. The molecule has 2 aromatic carbocycles. The fraction of sp³-hybridized carbons (Fsp3) is 0.296. The second-order valence-electron chi connectivity index (χ2n) is 8.78. The van der Waals surface area contributed by atoms with Crippen molar-refractivity contribution in [1.29, 1.82) is 5.26 Å². The molecule has 1 amide bonds. The zero-order chi connectivity index (χ0) is 22.3. The van der Waals surface area contributed by atoms with Crippen LogP contribution in [0.4, 0.5) is 0 Å². The van der Waals surface area contributed by atoms with E-state index in [1.54, 1.807) is 0 Å². The minimum absolute atomic E-state index is 0.0548. The van der Waals surface area contributed by atoms with Gasteiger partial charge in [-0.3, -0.25) is 9.78 Å². The average Bonchev–Trinajstić information content (AvgIpc) is 3.17. The fourth-order valence-corrected chi connectivity index (χ4v) is 4.88. The molecule has 2 aliphatic heterocycles. The minimum Gasteiger partial charge on any atom is -0.365 e. The number of pyridine rings is 1. The number of piperidine rings is 1. The van der Waals surface area contributed by atoms with Crippen LogP contribution in [0.15, 0.2) is 54.7 Å². The molecular formula is C27H25N3O2. The molecule has 32 heavy (non-hydrogen) atoms. The number of likely N-dealkylation sites (tertiary alicyclic amines) is 1. The van der Waals surface area contributed by atoms with Crippen LogP contribution in [0.5, 0.6) is 0 Å². The lowest BCUT2D eigenvalue weighted by molar-refractivity contribution is -0.0741. The van der Waals surface area contributed by atoms with Crippen LogP contribution in [0.2, 0.25) is 0 Å². The van der Waals surface area contributed by atoms with Gasteiger partial charge < -0.3 is 9.64 Å². The summed E-state index contributed by atoms with van der Waals surface area (Å²) in [6.45, 7) is 5.85. The molecule has 0 aliphatic carbocycles. The molecule has 0 atom stereocenters. The number of nitrogens with zero attached hydrogens (tertiary/aromatic N) is 3. The van der Waals surface area contributed by atoms with Gasteiger partial charge in [0.25, 0.3) is 5.91 Å². The predicted molar refractivity (Wildman–Crippen MR) is 122 cm³/mol. The Morgan fingerprint density at radius 3 is 2.62 bits per heavy atom. The fourth-order valence-electron chi connectivity index (χ4n) is 4.88. The summed E-state index contributed by atoms with van der Waals surface area (Å²) in [5.74, 6) is 0.0548. The van der Waals surface area contributed by atoms with Gasteiger partial charge in [0.1, 0.15) is 0 Å². The average molecular weight is 424 g/mol. The maximum absolute atomic E-state index is 13.3. The van der Waals surface area contributed by atoms with Crippen molar-refractivity contribution in [2.75, 3.05) is 13.1 Å². The predicted octanol–water partition coefficient (Wildman–Crippen LogP) is 4.90. The molecule has 0 saturated carbocycles. The smallest absolute Gasteiger partial charge is 0.253 e. The van der Waals surface area contributed by atoms with Crippen LogP contribution >= 0.6 is 0 Å². The molecule has 2 aliphatic rings. The largest absolute Gasteiger partial charge is 0.365 e. The molecule has 1 fully saturated rings. The summed E-state index contributed by atoms with van der Waals surface area (Å²) in [7, 11) is 0. The molecular weight excluding hydrogens is 398 g/mol. The number of hydrogen-bond acceptors (Lipinski definition) is 4. The number of carbonyl (C=O) groups is 1. The number of aryl methyl sites for hydroxylation is 2. The van der Waals surface area contributed by atoms with E-state index in [-0.39, 0.29) is 11.5 Å². The lowest BCUT2D eigenvalue weighted by atomic mass is 9.83. The summed E-state index contributed by atoms with van der Waals surface area (Å²) in [6, 6.07) is 18.0. The summed E-state index contributed by atoms with van der Waals surface area (Å²) in [5, 5.41) is 9.16. The number of aromatic nitrogens is 1. The number of benzene rings is 2. The molecule has 5 nitrogen and oxygen atoms in total. The van der Waals surface area contributed by atoms with E-state index in [1.807, 2.05) is 60.5 Å². The van der Waals surface area contributed by atoms with Gasteiger partial charge in [0, 0.05) is 36.1 Å². The molecule has 1 aromatic heterocycles. The summed E-state index contributed by atoms with van der Waals surface area (Å²) in [6.07, 6.45) is 3.39. The van der Waals surface area contributed by atoms with Crippen molar-refractivity contribution in [1.82, 2.24) is 9.88 Å². The van der Waals surface area contributed by atoms with Crippen LogP contribution in [0.3, 0.4) is 0 Å². The van der Waals surface area contributed by atoms with E-state index in [0.717, 1.165) is 40.8 Å². The van der Waals surface area contributed by atoms with Crippen molar-refractivity contribution in [3.8, 4) is 17.2 Å². The summed E-state index contributed by atoms with van der Waals surface area (Å²) < 4.78 is 6.23. The van der Waals surface area contributed by atoms with Gasteiger partial charge in [-0.05, 0) is 79.3 Å². The Morgan fingerprint density at radius 1 is 1.09 bits per heavy atom. The van der Waals surface area contributed by atoms with Gasteiger partial charge in [-0.15, -0.1) is 0 Å². The van der Waals surface area contributed by atoms with Crippen LogP contribution in [0.1, 0.15) is 51.1 Å². The zero-order valence-electron chi connectivity index (χ0n) is 18.4. The van der Waals surface area contributed by atoms with Gasteiger partial charge in [-0.25, -0.2) is 0 Å². The van der Waals surface area contributed by atoms with Gasteiger partial charge in [0.05, 0.1) is 23.8 Å². The van der Waals surface area contributed by atoms with E-state index >= 15 is 0 Å². The molecule has 160 valence electrons. The number of nitriles is 1. The van der Waals surface area contributed by atoms with Crippen molar-refractivity contribution >= 4 is 5.91 Å². The molecule has 3 aromatic rings. The molecule has 5 rings (SSSR count). The minimum atomic E-state index is -0.341. The van der Waals surface area contributed by atoms with E-state index in [4.69, 9.17) is 10.00 Å². The number of hydrogen-bond donors (Lipinski definition) is 0. The molecule has 3 heterocycles. The first-order chi connectivity index (χ1) is 15.5. The lowest BCUT2D eigenvalue weighted by Gasteiger charge is -2.39. The second kappa shape index (κ2) is 7.89.